The van der Waals surface area contributed by atoms with Crippen LogP contribution in [0.3, 0.4) is 0 Å². The summed E-state index contributed by atoms with van der Waals surface area (Å²) >= 11 is 0. The minimum atomic E-state index is 1.06. The molecule has 0 aromatic rings. The molecule has 0 atom stereocenters. The van der Waals surface area contributed by atoms with Crippen LogP contribution in [0.15, 0.2) is 29.3 Å². The minimum absolute atomic E-state index is 1.06. The Kier molecular flexibility index (Phi) is 28.1. The van der Waals surface area contributed by atoms with Crippen molar-refractivity contribution in [2.75, 3.05) is 26.2 Å². The Hall–Kier alpha value is -0.890. The molecule has 0 aromatic carbocycles. The third-order valence-corrected chi connectivity index (χ3v) is 9.75. The molecule has 0 fully saturated rings. The number of hydrogen-bond donors (Lipinski definition) is 0. The lowest BCUT2D eigenvalue weighted by molar-refractivity contribution is -0.836. The summed E-state index contributed by atoms with van der Waals surface area (Å²) in [4.78, 5) is 4.85. The van der Waals surface area contributed by atoms with E-state index in [-0.39, 0.29) is 0 Å². The summed E-state index contributed by atoms with van der Waals surface area (Å²) in [6.45, 7) is 11.9. The van der Waals surface area contributed by atoms with Crippen LogP contribution < -0.4 is 0 Å². The number of unbranched alkanes of at least 4 members (excludes halogenated alkanes) is 24. The fourth-order valence-electron chi connectivity index (χ4n) is 6.70. The van der Waals surface area contributed by atoms with Crippen molar-refractivity contribution in [2.45, 2.75) is 201 Å². The van der Waals surface area contributed by atoms with Gasteiger partial charge in [-0.1, -0.05) is 141 Å². The van der Waals surface area contributed by atoms with Crippen LogP contribution in [0.5, 0.6) is 0 Å². The highest BCUT2D eigenvalue weighted by atomic mass is 15.4. The van der Waals surface area contributed by atoms with Crippen molar-refractivity contribution >= 4 is 5.84 Å². The van der Waals surface area contributed by atoms with Gasteiger partial charge in [0.05, 0.1) is 19.6 Å². The number of aliphatic imine (C=N–C) groups is 1. The Labute approximate surface area is 265 Å². The van der Waals surface area contributed by atoms with Gasteiger partial charge in [-0.25, -0.2) is 4.99 Å². The van der Waals surface area contributed by atoms with E-state index in [9.17, 15) is 0 Å². The zero-order chi connectivity index (χ0) is 30.2. The Bertz CT molecular complexity index is 604. The zero-order valence-corrected chi connectivity index (χ0v) is 29.3. The van der Waals surface area contributed by atoms with Gasteiger partial charge in [-0.2, -0.15) is 0 Å². The fraction of sp³-hybridized carbons (Fsp3) is 0.875. The van der Waals surface area contributed by atoms with Gasteiger partial charge in [0.25, 0.3) is 0 Å². The van der Waals surface area contributed by atoms with E-state index in [1.807, 2.05) is 0 Å². The number of rotatable bonds is 32. The average Bonchev–Trinajstić information content (AvgIpc) is 3.36. The Balaban J connectivity index is 1.97. The highest BCUT2D eigenvalue weighted by molar-refractivity contribution is 5.73. The molecule has 246 valence electrons. The quantitative estimate of drug-likeness (QED) is 0.0423. The van der Waals surface area contributed by atoms with Crippen LogP contribution in [0, 0.1) is 0 Å². The molecule has 1 heterocycles. The number of amidine groups is 1. The molecule has 1 aliphatic rings. The summed E-state index contributed by atoms with van der Waals surface area (Å²) in [6, 6.07) is 0. The summed E-state index contributed by atoms with van der Waals surface area (Å²) in [7, 11) is 0. The lowest BCUT2D eigenvalue weighted by atomic mass is 10.1. The van der Waals surface area contributed by atoms with E-state index in [0.29, 0.717) is 0 Å². The second-order valence-electron chi connectivity index (χ2n) is 13.6. The molecule has 1 rings (SSSR count). The van der Waals surface area contributed by atoms with Crippen LogP contribution in [0.1, 0.15) is 201 Å². The SMILES string of the molecule is CCCCCCCC/C=C\CCCCCCCC[N+]1(CCCCCCCC/C=C\CCCCCCCC)CCN=C1C. The van der Waals surface area contributed by atoms with Crippen molar-refractivity contribution in [2.24, 2.45) is 4.99 Å². The van der Waals surface area contributed by atoms with E-state index in [0.717, 1.165) is 6.54 Å². The standard InChI is InChI=1S/C40H77N2/c1-4-6-8-10-12-14-16-18-20-22-24-26-28-30-32-34-37-42(39-36-41-40(42)3)38-35-33-31-29-27-25-23-21-19-17-15-13-11-9-7-5-2/h18-21H,4-17,22-39H2,1-3H3/q+1/b20-18-,21-19-. The summed E-state index contributed by atoms with van der Waals surface area (Å²) in [5.74, 6) is 1.43. The topological polar surface area (TPSA) is 12.4 Å². The fourth-order valence-corrected chi connectivity index (χ4v) is 6.70. The predicted octanol–water partition coefficient (Wildman–Crippen LogP) is 13.3. The van der Waals surface area contributed by atoms with Crippen molar-refractivity contribution < 1.29 is 4.48 Å². The molecule has 0 radical (unpaired) electrons. The lowest BCUT2D eigenvalue weighted by Crippen LogP contribution is -2.51. The van der Waals surface area contributed by atoms with Gasteiger partial charge in [-0.3, -0.25) is 4.48 Å². The first kappa shape index (κ1) is 39.1. The maximum atomic E-state index is 4.85. The molecule has 2 heteroatoms. The van der Waals surface area contributed by atoms with Crippen molar-refractivity contribution in [3.8, 4) is 0 Å². The third-order valence-electron chi connectivity index (χ3n) is 9.75. The van der Waals surface area contributed by atoms with Gasteiger partial charge in [0.1, 0.15) is 6.54 Å². The number of hydrogen-bond acceptors (Lipinski definition) is 1. The first-order valence-electron chi connectivity index (χ1n) is 19.4. The van der Waals surface area contributed by atoms with E-state index in [1.165, 1.54) is 210 Å². The van der Waals surface area contributed by atoms with Gasteiger partial charge in [0.2, 0.25) is 0 Å². The Morgan fingerprint density at radius 2 is 0.762 bits per heavy atom. The van der Waals surface area contributed by atoms with Crippen LogP contribution in [0.2, 0.25) is 0 Å². The summed E-state index contributed by atoms with van der Waals surface area (Å²) in [5, 5.41) is 0. The molecule has 2 nitrogen and oxygen atoms in total. The van der Waals surface area contributed by atoms with Crippen LogP contribution in [0.4, 0.5) is 0 Å². The van der Waals surface area contributed by atoms with Crippen molar-refractivity contribution in [3.05, 3.63) is 24.3 Å². The first-order valence-corrected chi connectivity index (χ1v) is 19.4. The second kappa shape index (κ2) is 30.1. The molecule has 1 aliphatic heterocycles. The number of allylic oxidation sites excluding steroid dienone is 4. The van der Waals surface area contributed by atoms with E-state index in [2.05, 4.69) is 45.1 Å². The van der Waals surface area contributed by atoms with Crippen LogP contribution in [-0.4, -0.2) is 36.5 Å². The largest absolute Gasteiger partial charge is 0.277 e. The Morgan fingerprint density at radius 3 is 1.07 bits per heavy atom. The van der Waals surface area contributed by atoms with Crippen LogP contribution in [0.25, 0.3) is 0 Å². The molecule has 0 unspecified atom stereocenters. The number of nitrogens with zero attached hydrogens (tertiary/aromatic N) is 2. The van der Waals surface area contributed by atoms with Gasteiger partial charge < -0.3 is 0 Å². The van der Waals surface area contributed by atoms with Crippen molar-refractivity contribution in [1.29, 1.82) is 0 Å². The first-order chi connectivity index (χ1) is 20.7. The molecule has 0 aromatic heterocycles. The Morgan fingerprint density at radius 1 is 0.452 bits per heavy atom. The lowest BCUT2D eigenvalue weighted by Gasteiger charge is -2.34. The molecule has 42 heavy (non-hydrogen) atoms. The summed E-state index contributed by atoms with van der Waals surface area (Å²) in [5.41, 5.74) is 0. The molecule has 0 saturated carbocycles. The molecule has 0 bridgehead atoms. The molecule has 0 saturated heterocycles. The summed E-state index contributed by atoms with van der Waals surface area (Å²) in [6.07, 6.45) is 48.8. The van der Waals surface area contributed by atoms with E-state index in [4.69, 9.17) is 4.99 Å². The van der Waals surface area contributed by atoms with E-state index < -0.39 is 0 Å². The molecule has 0 aliphatic carbocycles. The van der Waals surface area contributed by atoms with Gasteiger partial charge in [0.15, 0.2) is 5.84 Å². The highest BCUT2D eigenvalue weighted by Crippen LogP contribution is 2.21. The normalized spacial score (nSPS) is 15.0. The third kappa shape index (κ3) is 22.6. The second-order valence-corrected chi connectivity index (χ2v) is 13.6. The molecular formula is C40H77N2+. The minimum Gasteiger partial charge on any atom is -0.277 e. The average molecular weight is 586 g/mol. The summed E-state index contributed by atoms with van der Waals surface area (Å²) < 4.78 is 1.22. The van der Waals surface area contributed by atoms with Gasteiger partial charge in [0, 0.05) is 6.92 Å². The van der Waals surface area contributed by atoms with Gasteiger partial charge in [-0.15, -0.1) is 0 Å². The molecule has 0 N–H and O–H groups in total. The van der Waals surface area contributed by atoms with Crippen LogP contribution >= 0.6 is 0 Å². The van der Waals surface area contributed by atoms with Gasteiger partial charge in [-0.05, 0) is 77.0 Å². The highest BCUT2D eigenvalue weighted by Gasteiger charge is 2.34. The van der Waals surface area contributed by atoms with E-state index in [1.54, 1.807) is 0 Å². The van der Waals surface area contributed by atoms with Gasteiger partial charge >= 0.3 is 0 Å². The smallest absolute Gasteiger partial charge is 0.195 e. The molecule has 0 amide bonds. The zero-order valence-electron chi connectivity index (χ0n) is 29.3. The van der Waals surface area contributed by atoms with E-state index >= 15 is 0 Å². The maximum absolute atomic E-state index is 4.85. The van der Waals surface area contributed by atoms with Crippen molar-refractivity contribution in [3.63, 3.8) is 0 Å². The molecular weight excluding hydrogens is 508 g/mol. The maximum Gasteiger partial charge on any atom is 0.195 e. The number of quaternary nitrogens is 1. The van der Waals surface area contributed by atoms with Crippen molar-refractivity contribution in [1.82, 2.24) is 0 Å². The molecule has 0 spiro atoms. The monoisotopic (exact) mass is 586 g/mol. The van der Waals surface area contributed by atoms with Crippen LogP contribution in [-0.2, 0) is 0 Å². The predicted molar refractivity (Wildman–Crippen MR) is 192 cm³/mol.